The molecular formula is C11H23NO. The second-order valence-corrected chi connectivity index (χ2v) is 4.85. The van der Waals surface area contributed by atoms with Crippen LogP contribution in [0.4, 0.5) is 0 Å². The van der Waals surface area contributed by atoms with E-state index in [0.717, 1.165) is 6.54 Å². The lowest BCUT2D eigenvalue weighted by Crippen LogP contribution is -2.51. The van der Waals surface area contributed by atoms with Gasteiger partial charge in [0.2, 0.25) is 0 Å². The summed E-state index contributed by atoms with van der Waals surface area (Å²) < 4.78 is 0. The van der Waals surface area contributed by atoms with Crippen LogP contribution in [0.2, 0.25) is 0 Å². The van der Waals surface area contributed by atoms with Crippen molar-refractivity contribution in [2.75, 3.05) is 19.7 Å². The summed E-state index contributed by atoms with van der Waals surface area (Å²) in [5.41, 5.74) is 0.349. The number of aliphatic hydroxyl groups is 1. The molecule has 0 amide bonds. The molecule has 0 aromatic rings. The van der Waals surface area contributed by atoms with Gasteiger partial charge in [0.15, 0.2) is 0 Å². The molecule has 2 heteroatoms. The molecule has 2 nitrogen and oxygen atoms in total. The summed E-state index contributed by atoms with van der Waals surface area (Å²) in [6.07, 6.45) is 3.61. The molecule has 0 saturated carbocycles. The smallest absolute Gasteiger partial charge is 0.0471 e. The van der Waals surface area contributed by atoms with Gasteiger partial charge in [-0.05, 0) is 45.6 Å². The first-order chi connectivity index (χ1) is 6.10. The van der Waals surface area contributed by atoms with E-state index < -0.39 is 0 Å². The number of aliphatic hydroxyl groups excluding tert-OH is 1. The molecule has 0 bridgehead atoms. The first kappa shape index (κ1) is 11.0. The van der Waals surface area contributed by atoms with Crippen LogP contribution in [0.5, 0.6) is 0 Å². The van der Waals surface area contributed by atoms with Crippen molar-refractivity contribution in [3.63, 3.8) is 0 Å². The van der Waals surface area contributed by atoms with Crippen LogP contribution in [0.1, 0.15) is 40.0 Å². The Morgan fingerprint density at radius 3 is 2.69 bits per heavy atom. The SMILES string of the molecule is CCCN1CC(CO)CCC1(C)C. The van der Waals surface area contributed by atoms with Crippen molar-refractivity contribution in [3.8, 4) is 0 Å². The highest BCUT2D eigenvalue weighted by Gasteiger charge is 2.32. The average molecular weight is 185 g/mol. The van der Waals surface area contributed by atoms with E-state index in [-0.39, 0.29) is 0 Å². The largest absolute Gasteiger partial charge is 0.396 e. The van der Waals surface area contributed by atoms with Crippen molar-refractivity contribution in [3.05, 3.63) is 0 Å². The summed E-state index contributed by atoms with van der Waals surface area (Å²) in [6.45, 7) is 9.46. The van der Waals surface area contributed by atoms with Crippen molar-refractivity contribution in [2.24, 2.45) is 5.92 Å². The Bertz CT molecular complexity index is 156. The van der Waals surface area contributed by atoms with Crippen LogP contribution in [-0.2, 0) is 0 Å². The third-order valence-corrected chi connectivity index (χ3v) is 3.25. The van der Waals surface area contributed by atoms with Gasteiger partial charge in [0.25, 0.3) is 0 Å². The summed E-state index contributed by atoms with van der Waals surface area (Å²) in [4.78, 5) is 2.53. The third-order valence-electron chi connectivity index (χ3n) is 3.25. The predicted octanol–water partition coefficient (Wildman–Crippen LogP) is 1.88. The van der Waals surface area contributed by atoms with E-state index in [1.807, 2.05) is 0 Å². The van der Waals surface area contributed by atoms with Crippen LogP contribution >= 0.6 is 0 Å². The molecule has 0 aromatic heterocycles. The Morgan fingerprint density at radius 1 is 1.46 bits per heavy atom. The zero-order valence-electron chi connectivity index (χ0n) is 9.21. The van der Waals surface area contributed by atoms with Gasteiger partial charge in [-0.15, -0.1) is 0 Å². The van der Waals surface area contributed by atoms with E-state index in [2.05, 4.69) is 25.7 Å². The maximum absolute atomic E-state index is 9.12. The zero-order chi connectivity index (χ0) is 9.90. The van der Waals surface area contributed by atoms with Crippen LogP contribution in [0.3, 0.4) is 0 Å². The van der Waals surface area contributed by atoms with Crippen molar-refractivity contribution in [2.45, 2.75) is 45.6 Å². The summed E-state index contributed by atoms with van der Waals surface area (Å²) in [5, 5.41) is 9.12. The highest BCUT2D eigenvalue weighted by Crippen LogP contribution is 2.30. The summed E-state index contributed by atoms with van der Waals surface area (Å²) in [5.74, 6) is 0.513. The van der Waals surface area contributed by atoms with Crippen LogP contribution in [-0.4, -0.2) is 35.2 Å². The minimum absolute atomic E-state index is 0.349. The molecule has 13 heavy (non-hydrogen) atoms. The number of nitrogens with zero attached hydrogens (tertiary/aromatic N) is 1. The van der Waals surface area contributed by atoms with Crippen molar-refractivity contribution in [1.82, 2.24) is 4.90 Å². The van der Waals surface area contributed by atoms with Gasteiger partial charge < -0.3 is 5.11 Å². The molecule has 0 aromatic carbocycles. The Morgan fingerprint density at radius 2 is 2.15 bits per heavy atom. The minimum Gasteiger partial charge on any atom is -0.396 e. The molecule has 1 aliphatic heterocycles. The van der Waals surface area contributed by atoms with Gasteiger partial charge in [-0.2, -0.15) is 0 Å². The fourth-order valence-electron chi connectivity index (χ4n) is 2.18. The monoisotopic (exact) mass is 185 g/mol. The van der Waals surface area contributed by atoms with Crippen LogP contribution in [0, 0.1) is 5.92 Å². The molecule has 1 N–H and O–H groups in total. The predicted molar refractivity (Wildman–Crippen MR) is 55.8 cm³/mol. The first-order valence-corrected chi connectivity index (χ1v) is 5.46. The molecule has 1 rings (SSSR count). The molecule has 1 unspecified atom stereocenters. The van der Waals surface area contributed by atoms with Crippen LogP contribution < -0.4 is 0 Å². The van der Waals surface area contributed by atoms with Gasteiger partial charge in [-0.3, -0.25) is 4.90 Å². The number of likely N-dealkylation sites (tertiary alicyclic amines) is 1. The second kappa shape index (κ2) is 4.43. The highest BCUT2D eigenvalue weighted by atomic mass is 16.3. The highest BCUT2D eigenvalue weighted by molar-refractivity contribution is 4.88. The lowest BCUT2D eigenvalue weighted by atomic mass is 9.85. The Balaban J connectivity index is 2.52. The summed E-state index contributed by atoms with van der Waals surface area (Å²) in [6, 6.07) is 0. The molecule has 0 spiro atoms. The number of hydrogen-bond donors (Lipinski definition) is 1. The van der Waals surface area contributed by atoms with E-state index in [9.17, 15) is 0 Å². The zero-order valence-corrected chi connectivity index (χ0v) is 9.21. The Hall–Kier alpha value is -0.0800. The van der Waals surface area contributed by atoms with Crippen molar-refractivity contribution >= 4 is 0 Å². The molecule has 1 heterocycles. The minimum atomic E-state index is 0.349. The fraction of sp³-hybridized carbons (Fsp3) is 1.00. The van der Waals surface area contributed by atoms with Gasteiger partial charge in [0.05, 0.1) is 0 Å². The van der Waals surface area contributed by atoms with Crippen molar-refractivity contribution < 1.29 is 5.11 Å². The van der Waals surface area contributed by atoms with Crippen LogP contribution in [0.15, 0.2) is 0 Å². The number of hydrogen-bond acceptors (Lipinski definition) is 2. The van der Waals surface area contributed by atoms with E-state index in [4.69, 9.17) is 5.11 Å². The van der Waals surface area contributed by atoms with E-state index in [1.54, 1.807) is 0 Å². The third kappa shape index (κ3) is 2.68. The number of piperidine rings is 1. The summed E-state index contributed by atoms with van der Waals surface area (Å²) in [7, 11) is 0. The molecule has 1 aliphatic rings. The van der Waals surface area contributed by atoms with Crippen LogP contribution in [0.25, 0.3) is 0 Å². The molecular weight excluding hydrogens is 162 g/mol. The second-order valence-electron chi connectivity index (χ2n) is 4.85. The fourth-order valence-corrected chi connectivity index (χ4v) is 2.18. The molecule has 1 saturated heterocycles. The molecule has 0 radical (unpaired) electrons. The molecule has 1 fully saturated rings. The molecule has 1 atom stereocenters. The molecule has 0 aliphatic carbocycles. The van der Waals surface area contributed by atoms with Gasteiger partial charge >= 0.3 is 0 Å². The van der Waals surface area contributed by atoms with Gasteiger partial charge in [-0.25, -0.2) is 0 Å². The maximum Gasteiger partial charge on any atom is 0.0471 e. The van der Waals surface area contributed by atoms with Gasteiger partial charge in [0.1, 0.15) is 0 Å². The summed E-state index contributed by atoms with van der Waals surface area (Å²) >= 11 is 0. The van der Waals surface area contributed by atoms with Gasteiger partial charge in [0, 0.05) is 18.7 Å². The standard InChI is InChI=1S/C11H23NO/c1-4-7-12-8-10(9-13)5-6-11(12,2)3/h10,13H,4-9H2,1-3H3. The normalized spacial score (nSPS) is 29.1. The van der Waals surface area contributed by atoms with E-state index in [1.165, 1.54) is 25.8 Å². The Kier molecular flexibility index (Phi) is 3.74. The quantitative estimate of drug-likeness (QED) is 0.725. The average Bonchev–Trinajstić information content (AvgIpc) is 2.09. The maximum atomic E-state index is 9.12. The van der Waals surface area contributed by atoms with Crippen molar-refractivity contribution in [1.29, 1.82) is 0 Å². The first-order valence-electron chi connectivity index (χ1n) is 5.46. The Labute approximate surface area is 81.9 Å². The number of rotatable bonds is 3. The molecule has 78 valence electrons. The topological polar surface area (TPSA) is 23.5 Å². The lowest BCUT2D eigenvalue weighted by Gasteiger charge is -2.45. The lowest BCUT2D eigenvalue weighted by molar-refractivity contribution is 0.0263. The van der Waals surface area contributed by atoms with E-state index in [0.29, 0.717) is 18.1 Å². The van der Waals surface area contributed by atoms with Gasteiger partial charge in [-0.1, -0.05) is 6.92 Å². The van der Waals surface area contributed by atoms with E-state index >= 15 is 0 Å².